The predicted molar refractivity (Wildman–Crippen MR) is 117 cm³/mol. The molecular formula is C23H33NO5S. The molecule has 0 spiro atoms. The molecule has 30 heavy (non-hydrogen) atoms. The molecule has 0 amide bonds. The summed E-state index contributed by atoms with van der Waals surface area (Å²) in [4.78, 5) is 22.1. The Hall–Kier alpha value is -1.57. The monoisotopic (exact) mass is 435 g/mol. The van der Waals surface area contributed by atoms with E-state index >= 15 is 0 Å². The van der Waals surface area contributed by atoms with Crippen LogP contribution in [0.15, 0.2) is 30.3 Å². The molecule has 4 aliphatic rings. The molecule has 1 atom stereocenters. The third-order valence-corrected chi connectivity index (χ3v) is 6.56. The minimum absolute atomic E-state index is 0.0750. The van der Waals surface area contributed by atoms with E-state index < -0.39 is 18.0 Å². The molecular weight excluding hydrogens is 402 g/mol. The van der Waals surface area contributed by atoms with Gasteiger partial charge in [0.2, 0.25) is 6.10 Å². The van der Waals surface area contributed by atoms with Crippen LogP contribution in [0.4, 0.5) is 0 Å². The van der Waals surface area contributed by atoms with Crippen LogP contribution in [0.1, 0.15) is 50.5 Å². The summed E-state index contributed by atoms with van der Waals surface area (Å²) in [6.07, 6.45) is 7.36. The fourth-order valence-corrected chi connectivity index (χ4v) is 5.68. The first-order valence-corrected chi connectivity index (χ1v) is 11.4. The van der Waals surface area contributed by atoms with Crippen LogP contribution < -0.4 is 5.73 Å². The van der Waals surface area contributed by atoms with E-state index in [2.05, 4.69) is 12.6 Å². The maximum Gasteiger partial charge on any atom is 0.347 e. The molecule has 4 saturated carbocycles. The van der Waals surface area contributed by atoms with Crippen molar-refractivity contribution in [3.8, 4) is 0 Å². The van der Waals surface area contributed by atoms with Gasteiger partial charge in [0.25, 0.3) is 0 Å². The topological polar surface area (TPSA) is 98.9 Å². The summed E-state index contributed by atoms with van der Waals surface area (Å²) < 4.78 is 10.0. The highest BCUT2D eigenvalue weighted by atomic mass is 32.1. The molecule has 4 bridgehead atoms. The van der Waals surface area contributed by atoms with Gasteiger partial charge in [0.1, 0.15) is 0 Å². The lowest BCUT2D eigenvalue weighted by molar-refractivity contribution is -0.168. The number of aliphatic carboxylic acids is 1. The van der Waals surface area contributed by atoms with E-state index in [-0.39, 0.29) is 19.6 Å². The Morgan fingerprint density at radius 3 is 2.13 bits per heavy atom. The maximum atomic E-state index is 11.2. The van der Waals surface area contributed by atoms with Gasteiger partial charge in [0.15, 0.2) is 0 Å². The number of carboxylic acid groups (broad SMARTS) is 1. The van der Waals surface area contributed by atoms with Crippen LogP contribution in [0.2, 0.25) is 0 Å². The standard InChI is InChI=1S/C13H16O5S.C10H17N/c14-12(6-7-19)18-11(13(15)16)9-17-8-10-4-2-1-3-5-10;11-10-4-7-1-8(5-10)3-9(2-7)6-10/h1-5,11,19H,6-9H2,(H,15,16);7-9H,1-6,11H2/t11-;/m0./s1. The smallest absolute Gasteiger partial charge is 0.347 e. The summed E-state index contributed by atoms with van der Waals surface area (Å²) in [5, 5.41) is 8.91. The number of hydrogen-bond donors (Lipinski definition) is 3. The highest BCUT2D eigenvalue weighted by Crippen LogP contribution is 2.54. The van der Waals surface area contributed by atoms with Crippen LogP contribution in [0.5, 0.6) is 0 Å². The zero-order chi connectivity index (χ0) is 21.6. The Bertz CT molecular complexity index is 676. The minimum atomic E-state index is -1.28. The summed E-state index contributed by atoms with van der Waals surface area (Å²) in [7, 11) is 0. The fourth-order valence-electron chi connectivity index (χ4n) is 5.50. The Morgan fingerprint density at radius 2 is 1.67 bits per heavy atom. The first-order valence-electron chi connectivity index (χ1n) is 10.8. The lowest BCUT2D eigenvalue weighted by atomic mass is 9.53. The molecule has 0 radical (unpaired) electrons. The summed E-state index contributed by atoms with van der Waals surface area (Å²) in [6.45, 7) is 0.0945. The number of thiol groups is 1. The van der Waals surface area contributed by atoms with Crippen LogP contribution in [0.3, 0.4) is 0 Å². The molecule has 0 aromatic heterocycles. The molecule has 1 aromatic rings. The van der Waals surface area contributed by atoms with Crippen LogP contribution in [0.25, 0.3) is 0 Å². The van der Waals surface area contributed by atoms with E-state index in [1.165, 1.54) is 38.5 Å². The van der Waals surface area contributed by atoms with Crippen molar-refractivity contribution >= 4 is 24.6 Å². The van der Waals surface area contributed by atoms with E-state index in [4.69, 9.17) is 20.3 Å². The second-order valence-corrected chi connectivity index (χ2v) is 9.52. The molecule has 0 unspecified atom stereocenters. The molecule has 7 heteroatoms. The molecule has 6 nitrogen and oxygen atoms in total. The first-order chi connectivity index (χ1) is 14.4. The number of hydrogen-bond acceptors (Lipinski definition) is 6. The van der Waals surface area contributed by atoms with Gasteiger partial charge in [0, 0.05) is 11.3 Å². The van der Waals surface area contributed by atoms with Crippen molar-refractivity contribution in [2.75, 3.05) is 12.4 Å². The van der Waals surface area contributed by atoms with Crippen LogP contribution in [-0.4, -0.2) is 41.0 Å². The van der Waals surface area contributed by atoms with E-state index in [0.29, 0.717) is 11.3 Å². The van der Waals surface area contributed by atoms with Crippen molar-refractivity contribution in [3.05, 3.63) is 35.9 Å². The number of carbonyl (C=O) groups is 2. The molecule has 1 aromatic carbocycles. The van der Waals surface area contributed by atoms with Gasteiger partial charge >= 0.3 is 11.9 Å². The van der Waals surface area contributed by atoms with Gasteiger partial charge in [-0.2, -0.15) is 12.6 Å². The maximum absolute atomic E-state index is 11.2. The highest BCUT2D eigenvalue weighted by Gasteiger charge is 2.48. The van der Waals surface area contributed by atoms with Crippen molar-refractivity contribution in [2.24, 2.45) is 23.5 Å². The molecule has 166 valence electrons. The Kier molecular flexibility index (Phi) is 8.20. The first kappa shape index (κ1) is 23.1. The SMILES string of the molecule is NC12CC3CC(CC(C3)C1)C2.O=C(CCS)O[C@@H](COCc1ccccc1)C(=O)O. The number of ether oxygens (including phenoxy) is 2. The Balaban J connectivity index is 0.000000193. The quantitative estimate of drug-likeness (QED) is 0.427. The van der Waals surface area contributed by atoms with Crippen molar-refractivity contribution < 1.29 is 24.2 Å². The van der Waals surface area contributed by atoms with Crippen molar-refractivity contribution in [3.63, 3.8) is 0 Å². The molecule has 5 rings (SSSR count). The average molecular weight is 436 g/mol. The second kappa shape index (κ2) is 10.6. The van der Waals surface area contributed by atoms with Crippen LogP contribution in [-0.2, 0) is 25.7 Å². The third kappa shape index (κ3) is 6.72. The average Bonchev–Trinajstić information content (AvgIpc) is 2.67. The van der Waals surface area contributed by atoms with Gasteiger partial charge in [-0.15, -0.1) is 0 Å². The van der Waals surface area contributed by atoms with Gasteiger partial charge in [-0.1, -0.05) is 30.3 Å². The van der Waals surface area contributed by atoms with Crippen molar-refractivity contribution in [2.45, 2.75) is 63.2 Å². The normalized spacial score (nSPS) is 29.6. The van der Waals surface area contributed by atoms with E-state index in [1.54, 1.807) is 0 Å². The number of esters is 1. The predicted octanol–water partition coefficient (Wildman–Crippen LogP) is 3.43. The van der Waals surface area contributed by atoms with Crippen molar-refractivity contribution in [1.82, 2.24) is 0 Å². The van der Waals surface area contributed by atoms with E-state index in [1.807, 2.05) is 30.3 Å². The number of benzene rings is 1. The van der Waals surface area contributed by atoms with Gasteiger partial charge < -0.3 is 20.3 Å². The van der Waals surface area contributed by atoms with E-state index in [0.717, 1.165) is 23.3 Å². The highest BCUT2D eigenvalue weighted by molar-refractivity contribution is 7.80. The number of carbonyl (C=O) groups excluding carboxylic acids is 1. The number of nitrogens with two attached hydrogens (primary N) is 1. The van der Waals surface area contributed by atoms with Gasteiger partial charge in [-0.25, -0.2) is 4.79 Å². The summed E-state index contributed by atoms with van der Waals surface area (Å²) >= 11 is 3.87. The van der Waals surface area contributed by atoms with E-state index in [9.17, 15) is 9.59 Å². The number of rotatable bonds is 8. The fraction of sp³-hybridized carbons (Fsp3) is 0.652. The summed E-state index contributed by atoms with van der Waals surface area (Å²) in [5.74, 6) is 1.56. The van der Waals surface area contributed by atoms with Gasteiger partial charge in [-0.3, -0.25) is 4.79 Å². The second-order valence-electron chi connectivity index (χ2n) is 9.07. The van der Waals surface area contributed by atoms with Crippen LogP contribution in [0, 0.1) is 17.8 Å². The largest absolute Gasteiger partial charge is 0.478 e. The molecule has 4 aliphatic carbocycles. The Labute approximate surface area is 183 Å². The molecule has 0 saturated heterocycles. The molecule has 0 heterocycles. The third-order valence-electron chi connectivity index (χ3n) is 6.33. The Morgan fingerprint density at radius 1 is 1.10 bits per heavy atom. The summed E-state index contributed by atoms with van der Waals surface area (Å²) in [5.41, 5.74) is 7.55. The van der Waals surface area contributed by atoms with Gasteiger partial charge in [-0.05, 0) is 61.8 Å². The molecule has 4 fully saturated rings. The van der Waals surface area contributed by atoms with Crippen LogP contribution >= 0.6 is 12.6 Å². The lowest BCUT2D eigenvalue weighted by Crippen LogP contribution is -2.55. The summed E-state index contributed by atoms with van der Waals surface area (Å²) in [6, 6.07) is 9.33. The lowest BCUT2D eigenvalue weighted by Gasteiger charge is -2.55. The minimum Gasteiger partial charge on any atom is -0.478 e. The van der Waals surface area contributed by atoms with Gasteiger partial charge in [0.05, 0.1) is 19.6 Å². The van der Waals surface area contributed by atoms with Crippen molar-refractivity contribution in [1.29, 1.82) is 0 Å². The zero-order valence-corrected chi connectivity index (χ0v) is 18.3. The molecule has 0 aliphatic heterocycles. The zero-order valence-electron chi connectivity index (χ0n) is 17.4. The number of carboxylic acids is 1. The molecule has 3 N–H and O–H groups in total.